The third kappa shape index (κ3) is 1.64. The van der Waals surface area contributed by atoms with E-state index in [0.29, 0.717) is 5.15 Å². The maximum atomic E-state index is 5.97. The number of pyridine rings is 1. The van der Waals surface area contributed by atoms with Crippen molar-refractivity contribution in [1.82, 2.24) is 4.98 Å². The first-order valence-corrected chi connectivity index (χ1v) is 5.51. The Bertz CT molecular complexity index is 442. The highest BCUT2D eigenvalue weighted by atomic mass is 35.5. The zero-order valence-corrected chi connectivity index (χ0v) is 8.69. The SMILES string of the molecule is CSc1cc2ccccc2nc1Cl. The van der Waals surface area contributed by atoms with Crippen LogP contribution in [0.25, 0.3) is 10.9 Å². The lowest BCUT2D eigenvalue weighted by molar-refractivity contribution is 1.31. The highest BCUT2D eigenvalue weighted by Crippen LogP contribution is 2.26. The predicted molar refractivity (Wildman–Crippen MR) is 58.5 cm³/mol. The number of hydrogen-bond donors (Lipinski definition) is 0. The lowest BCUT2D eigenvalue weighted by atomic mass is 10.2. The minimum absolute atomic E-state index is 0.589. The maximum absolute atomic E-state index is 5.97. The number of hydrogen-bond acceptors (Lipinski definition) is 2. The first-order valence-electron chi connectivity index (χ1n) is 3.90. The number of benzene rings is 1. The Morgan fingerprint density at radius 3 is 2.85 bits per heavy atom. The minimum atomic E-state index is 0.589. The fraction of sp³-hybridized carbons (Fsp3) is 0.100. The number of nitrogens with zero attached hydrogens (tertiary/aromatic N) is 1. The fourth-order valence-electron chi connectivity index (χ4n) is 1.22. The molecule has 1 aromatic heterocycles. The number of fused-ring (bicyclic) bond motifs is 1. The third-order valence-electron chi connectivity index (χ3n) is 1.87. The predicted octanol–water partition coefficient (Wildman–Crippen LogP) is 3.61. The molecule has 0 unspecified atom stereocenters. The van der Waals surface area contributed by atoms with E-state index in [4.69, 9.17) is 11.6 Å². The molecule has 66 valence electrons. The molecule has 1 heterocycles. The molecule has 2 rings (SSSR count). The smallest absolute Gasteiger partial charge is 0.143 e. The van der Waals surface area contributed by atoms with E-state index in [1.165, 1.54) is 0 Å². The van der Waals surface area contributed by atoms with Crippen LogP contribution < -0.4 is 0 Å². The van der Waals surface area contributed by atoms with Gasteiger partial charge in [-0.1, -0.05) is 29.8 Å². The topological polar surface area (TPSA) is 12.9 Å². The normalized spacial score (nSPS) is 10.6. The number of rotatable bonds is 1. The van der Waals surface area contributed by atoms with Gasteiger partial charge in [-0.2, -0.15) is 0 Å². The van der Waals surface area contributed by atoms with Crippen LogP contribution in [0.3, 0.4) is 0 Å². The van der Waals surface area contributed by atoms with Gasteiger partial charge >= 0.3 is 0 Å². The van der Waals surface area contributed by atoms with Crippen LogP contribution in [0.5, 0.6) is 0 Å². The van der Waals surface area contributed by atoms with Crippen LogP contribution in [-0.4, -0.2) is 11.2 Å². The van der Waals surface area contributed by atoms with Gasteiger partial charge in [0.1, 0.15) is 5.15 Å². The van der Waals surface area contributed by atoms with Crippen molar-refractivity contribution >= 4 is 34.3 Å². The zero-order chi connectivity index (χ0) is 9.26. The van der Waals surface area contributed by atoms with E-state index in [0.717, 1.165) is 15.8 Å². The molecular formula is C10H8ClNS. The molecule has 0 aliphatic heterocycles. The first-order chi connectivity index (χ1) is 6.31. The molecule has 2 aromatic rings. The van der Waals surface area contributed by atoms with Crippen LogP contribution in [0.4, 0.5) is 0 Å². The van der Waals surface area contributed by atoms with E-state index in [1.54, 1.807) is 11.8 Å². The summed E-state index contributed by atoms with van der Waals surface area (Å²) < 4.78 is 0. The van der Waals surface area contributed by atoms with Crippen molar-refractivity contribution in [3.8, 4) is 0 Å². The lowest BCUT2D eigenvalue weighted by Gasteiger charge is -2.01. The minimum Gasteiger partial charge on any atom is -0.235 e. The molecule has 0 fully saturated rings. The number of aromatic nitrogens is 1. The van der Waals surface area contributed by atoms with Crippen molar-refractivity contribution in [3.63, 3.8) is 0 Å². The maximum Gasteiger partial charge on any atom is 0.143 e. The summed E-state index contributed by atoms with van der Waals surface area (Å²) in [6.45, 7) is 0. The Morgan fingerprint density at radius 2 is 2.08 bits per heavy atom. The van der Waals surface area contributed by atoms with E-state index < -0.39 is 0 Å². The van der Waals surface area contributed by atoms with Crippen molar-refractivity contribution in [3.05, 3.63) is 35.5 Å². The highest BCUT2D eigenvalue weighted by Gasteiger charge is 2.02. The summed E-state index contributed by atoms with van der Waals surface area (Å²) in [7, 11) is 0. The van der Waals surface area contributed by atoms with Gasteiger partial charge in [0.05, 0.1) is 5.52 Å². The van der Waals surface area contributed by atoms with Gasteiger partial charge in [-0.25, -0.2) is 4.98 Å². The van der Waals surface area contributed by atoms with Gasteiger partial charge in [0.25, 0.3) is 0 Å². The van der Waals surface area contributed by atoms with Crippen molar-refractivity contribution in [2.75, 3.05) is 6.26 Å². The van der Waals surface area contributed by atoms with Crippen LogP contribution in [0, 0.1) is 0 Å². The van der Waals surface area contributed by atoms with E-state index in [1.807, 2.05) is 30.5 Å². The Hall–Kier alpha value is -0.730. The van der Waals surface area contributed by atoms with E-state index in [2.05, 4.69) is 11.1 Å². The Morgan fingerprint density at radius 1 is 1.31 bits per heavy atom. The second-order valence-corrected chi connectivity index (χ2v) is 3.88. The van der Waals surface area contributed by atoms with E-state index >= 15 is 0 Å². The quantitative estimate of drug-likeness (QED) is 0.526. The average Bonchev–Trinajstić information content (AvgIpc) is 2.17. The first kappa shape index (κ1) is 8.85. The molecule has 1 nitrogen and oxygen atoms in total. The van der Waals surface area contributed by atoms with Crippen LogP contribution in [0.2, 0.25) is 5.15 Å². The van der Waals surface area contributed by atoms with Crippen LogP contribution in [0.1, 0.15) is 0 Å². The zero-order valence-electron chi connectivity index (χ0n) is 7.12. The number of thioether (sulfide) groups is 1. The van der Waals surface area contributed by atoms with Crippen LogP contribution in [0.15, 0.2) is 35.2 Å². The summed E-state index contributed by atoms with van der Waals surface area (Å²) in [5, 5.41) is 1.72. The molecule has 1 aromatic carbocycles. The summed E-state index contributed by atoms with van der Waals surface area (Å²) in [4.78, 5) is 5.32. The van der Waals surface area contributed by atoms with Gasteiger partial charge < -0.3 is 0 Å². The van der Waals surface area contributed by atoms with Gasteiger partial charge in [-0.3, -0.25) is 0 Å². The van der Waals surface area contributed by atoms with Gasteiger partial charge in [0.15, 0.2) is 0 Å². The van der Waals surface area contributed by atoms with Crippen molar-refractivity contribution in [1.29, 1.82) is 0 Å². The Balaban J connectivity index is 2.74. The molecule has 0 saturated heterocycles. The summed E-state index contributed by atoms with van der Waals surface area (Å²) in [5.74, 6) is 0. The second kappa shape index (κ2) is 3.56. The monoisotopic (exact) mass is 209 g/mol. The van der Waals surface area contributed by atoms with Gasteiger partial charge in [-0.05, 0) is 18.4 Å². The molecule has 0 bridgehead atoms. The van der Waals surface area contributed by atoms with E-state index in [-0.39, 0.29) is 0 Å². The standard InChI is InChI=1S/C10H8ClNS/c1-13-9-6-7-4-2-3-5-8(7)12-10(9)11/h2-6H,1H3. The molecule has 0 amide bonds. The number of para-hydroxylation sites is 1. The van der Waals surface area contributed by atoms with Gasteiger partial charge in [-0.15, -0.1) is 11.8 Å². The van der Waals surface area contributed by atoms with Gasteiger partial charge in [0, 0.05) is 10.3 Å². The van der Waals surface area contributed by atoms with Crippen LogP contribution >= 0.6 is 23.4 Å². The van der Waals surface area contributed by atoms with Crippen molar-refractivity contribution in [2.24, 2.45) is 0 Å². The second-order valence-electron chi connectivity index (χ2n) is 2.67. The molecule has 13 heavy (non-hydrogen) atoms. The Kier molecular flexibility index (Phi) is 2.42. The Labute approximate surface area is 86.1 Å². The van der Waals surface area contributed by atoms with Crippen molar-refractivity contribution < 1.29 is 0 Å². The molecule has 0 spiro atoms. The largest absolute Gasteiger partial charge is 0.235 e. The van der Waals surface area contributed by atoms with Gasteiger partial charge in [0.2, 0.25) is 0 Å². The summed E-state index contributed by atoms with van der Waals surface area (Å²) >= 11 is 7.59. The summed E-state index contributed by atoms with van der Waals surface area (Å²) in [6, 6.07) is 10.0. The summed E-state index contributed by atoms with van der Waals surface area (Å²) in [6.07, 6.45) is 2.00. The van der Waals surface area contributed by atoms with Crippen molar-refractivity contribution in [2.45, 2.75) is 4.90 Å². The molecule has 0 radical (unpaired) electrons. The molecule has 3 heteroatoms. The molecule has 0 saturated carbocycles. The third-order valence-corrected chi connectivity index (χ3v) is 3.02. The summed E-state index contributed by atoms with van der Waals surface area (Å²) in [5.41, 5.74) is 0.949. The lowest BCUT2D eigenvalue weighted by Crippen LogP contribution is -1.82. The fourth-order valence-corrected chi connectivity index (χ4v) is 2.05. The molecule has 0 aliphatic carbocycles. The van der Waals surface area contributed by atoms with Crippen LogP contribution in [-0.2, 0) is 0 Å². The molecule has 0 aliphatic rings. The van der Waals surface area contributed by atoms with E-state index in [9.17, 15) is 0 Å². The molecule has 0 atom stereocenters. The molecule has 0 N–H and O–H groups in total. The molecular weight excluding hydrogens is 202 g/mol. The highest BCUT2D eigenvalue weighted by molar-refractivity contribution is 7.98. The average molecular weight is 210 g/mol. The number of halogens is 1.